The summed E-state index contributed by atoms with van der Waals surface area (Å²) in [6, 6.07) is 0. The SMILES string of the molecule is C=C[CH]S(=O)(=O)CC=C. The van der Waals surface area contributed by atoms with Crippen LogP contribution in [0.15, 0.2) is 25.3 Å². The van der Waals surface area contributed by atoms with Crippen molar-refractivity contribution in [2.45, 2.75) is 0 Å². The lowest BCUT2D eigenvalue weighted by atomic mass is 10.8. The second-order valence-electron chi connectivity index (χ2n) is 1.49. The summed E-state index contributed by atoms with van der Waals surface area (Å²) in [5, 5.41) is 0. The van der Waals surface area contributed by atoms with E-state index < -0.39 is 9.84 Å². The van der Waals surface area contributed by atoms with Crippen LogP contribution >= 0.6 is 0 Å². The zero-order chi connectivity index (χ0) is 7.33. The standard InChI is InChI=1S/C6H9O2S/c1-3-5-9(7,8)6-4-2/h3-5H,1-2,6H2. The third-order valence-corrected chi connectivity index (χ3v) is 1.96. The zero-order valence-corrected chi connectivity index (χ0v) is 5.89. The lowest BCUT2D eigenvalue weighted by molar-refractivity contribution is 0.605. The first-order valence-corrected chi connectivity index (χ1v) is 4.13. The van der Waals surface area contributed by atoms with E-state index in [1.165, 1.54) is 12.2 Å². The molecule has 2 nitrogen and oxygen atoms in total. The van der Waals surface area contributed by atoms with Crippen LogP contribution in [0, 0.1) is 5.75 Å². The maximum atomic E-state index is 10.6. The van der Waals surface area contributed by atoms with E-state index in [0.717, 1.165) is 5.75 Å². The summed E-state index contributed by atoms with van der Waals surface area (Å²) in [5.74, 6) is 1.05. The van der Waals surface area contributed by atoms with Gasteiger partial charge in [0, 0.05) is 0 Å². The van der Waals surface area contributed by atoms with Crippen LogP contribution in [-0.2, 0) is 9.84 Å². The summed E-state index contributed by atoms with van der Waals surface area (Å²) < 4.78 is 21.3. The van der Waals surface area contributed by atoms with Gasteiger partial charge in [-0.3, -0.25) is 0 Å². The molecule has 0 spiro atoms. The Labute approximate surface area is 55.8 Å². The second kappa shape index (κ2) is 3.45. The first-order chi connectivity index (χ1) is 4.12. The highest BCUT2D eigenvalue weighted by atomic mass is 32.2. The van der Waals surface area contributed by atoms with E-state index in [1.54, 1.807) is 0 Å². The molecule has 51 valence electrons. The molecule has 0 aromatic carbocycles. The Kier molecular flexibility index (Phi) is 3.24. The summed E-state index contributed by atoms with van der Waals surface area (Å²) in [6.45, 7) is 6.55. The maximum absolute atomic E-state index is 10.6. The molecule has 0 bridgehead atoms. The molecule has 0 aliphatic carbocycles. The monoisotopic (exact) mass is 145 g/mol. The van der Waals surface area contributed by atoms with Gasteiger partial charge in [0.1, 0.15) is 0 Å². The molecule has 0 fully saturated rings. The summed E-state index contributed by atoms with van der Waals surface area (Å²) in [4.78, 5) is 0. The minimum Gasteiger partial charge on any atom is -0.228 e. The lowest BCUT2D eigenvalue weighted by Gasteiger charge is -1.91. The first-order valence-electron chi connectivity index (χ1n) is 2.42. The van der Waals surface area contributed by atoms with Gasteiger partial charge in [-0.1, -0.05) is 12.2 Å². The van der Waals surface area contributed by atoms with Crippen molar-refractivity contribution in [1.29, 1.82) is 0 Å². The van der Waals surface area contributed by atoms with E-state index in [-0.39, 0.29) is 5.75 Å². The third-order valence-electron chi connectivity index (χ3n) is 0.654. The van der Waals surface area contributed by atoms with Gasteiger partial charge >= 0.3 is 0 Å². The number of hydrogen-bond acceptors (Lipinski definition) is 2. The van der Waals surface area contributed by atoms with Crippen molar-refractivity contribution in [2.75, 3.05) is 5.75 Å². The van der Waals surface area contributed by atoms with Crippen LogP contribution in [0.3, 0.4) is 0 Å². The zero-order valence-electron chi connectivity index (χ0n) is 5.08. The van der Waals surface area contributed by atoms with Crippen LogP contribution in [-0.4, -0.2) is 14.2 Å². The summed E-state index contributed by atoms with van der Waals surface area (Å²) in [7, 11) is -3.04. The Bertz CT molecular complexity index is 173. The number of hydrogen-bond donors (Lipinski definition) is 0. The van der Waals surface area contributed by atoms with Crippen molar-refractivity contribution in [1.82, 2.24) is 0 Å². The van der Waals surface area contributed by atoms with Gasteiger partial charge in [-0.15, -0.1) is 13.2 Å². The largest absolute Gasteiger partial charge is 0.228 e. The number of rotatable bonds is 4. The molecular weight excluding hydrogens is 136 g/mol. The van der Waals surface area contributed by atoms with Gasteiger partial charge < -0.3 is 0 Å². The van der Waals surface area contributed by atoms with E-state index >= 15 is 0 Å². The lowest BCUT2D eigenvalue weighted by Crippen LogP contribution is -2.01. The molecule has 0 unspecified atom stereocenters. The maximum Gasteiger partial charge on any atom is 0.161 e. The number of sulfone groups is 1. The highest BCUT2D eigenvalue weighted by Crippen LogP contribution is 1.95. The molecule has 0 heterocycles. The molecule has 0 aromatic heterocycles. The minimum absolute atomic E-state index is 0.0149. The van der Waals surface area contributed by atoms with Crippen molar-refractivity contribution in [3.63, 3.8) is 0 Å². The molecule has 9 heavy (non-hydrogen) atoms. The van der Waals surface area contributed by atoms with Gasteiger partial charge in [-0.05, 0) is 0 Å². The Hall–Kier alpha value is -0.570. The fourth-order valence-corrected chi connectivity index (χ4v) is 1.10. The van der Waals surface area contributed by atoms with E-state index in [4.69, 9.17) is 0 Å². The molecular formula is C6H9O2S. The van der Waals surface area contributed by atoms with Crippen LogP contribution in [0.5, 0.6) is 0 Å². The Morgan fingerprint density at radius 2 is 1.89 bits per heavy atom. The molecule has 0 aromatic rings. The quantitative estimate of drug-likeness (QED) is 0.551. The molecule has 0 N–H and O–H groups in total. The van der Waals surface area contributed by atoms with Crippen molar-refractivity contribution >= 4 is 9.84 Å². The van der Waals surface area contributed by atoms with E-state index in [0.29, 0.717) is 0 Å². The predicted octanol–water partition coefficient (Wildman–Crippen LogP) is 0.935. The van der Waals surface area contributed by atoms with Crippen LogP contribution in [0.4, 0.5) is 0 Å². The normalized spacial score (nSPS) is 10.7. The average Bonchev–Trinajstić information content (AvgIpc) is 1.64. The summed E-state index contributed by atoms with van der Waals surface area (Å²) in [6.07, 6.45) is 2.59. The molecule has 0 rings (SSSR count). The molecule has 0 atom stereocenters. The highest BCUT2D eigenvalue weighted by molar-refractivity contribution is 7.93. The third kappa shape index (κ3) is 3.97. The van der Waals surface area contributed by atoms with Crippen molar-refractivity contribution in [2.24, 2.45) is 0 Å². The topological polar surface area (TPSA) is 34.1 Å². The van der Waals surface area contributed by atoms with E-state index in [1.807, 2.05) is 0 Å². The van der Waals surface area contributed by atoms with Crippen molar-refractivity contribution < 1.29 is 8.42 Å². The van der Waals surface area contributed by atoms with Gasteiger partial charge in [0.25, 0.3) is 0 Å². The fourth-order valence-electron chi connectivity index (χ4n) is 0.366. The van der Waals surface area contributed by atoms with Crippen LogP contribution in [0.25, 0.3) is 0 Å². The smallest absolute Gasteiger partial charge is 0.161 e. The Morgan fingerprint density at radius 1 is 1.33 bits per heavy atom. The average molecular weight is 145 g/mol. The van der Waals surface area contributed by atoms with Crippen molar-refractivity contribution in [3.8, 4) is 0 Å². The summed E-state index contributed by atoms with van der Waals surface area (Å²) in [5.41, 5.74) is 0. The second-order valence-corrected chi connectivity index (χ2v) is 3.42. The molecule has 0 aliphatic heterocycles. The molecule has 0 amide bonds. The van der Waals surface area contributed by atoms with Gasteiger partial charge in [-0.25, -0.2) is 8.42 Å². The van der Waals surface area contributed by atoms with E-state index in [9.17, 15) is 8.42 Å². The molecule has 0 aliphatic rings. The van der Waals surface area contributed by atoms with Crippen LogP contribution < -0.4 is 0 Å². The molecule has 0 saturated carbocycles. The van der Waals surface area contributed by atoms with Gasteiger partial charge in [-0.2, -0.15) is 0 Å². The van der Waals surface area contributed by atoms with Gasteiger partial charge in [0.2, 0.25) is 0 Å². The van der Waals surface area contributed by atoms with Gasteiger partial charge in [0.05, 0.1) is 11.5 Å². The first kappa shape index (κ1) is 8.43. The minimum atomic E-state index is -3.04. The van der Waals surface area contributed by atoms with Crippen LogP contribution in [0.2, 0.25) is 0 Å². The predicted molar refractivity (Wildman–Crippen MR) is 38.5 cm³/mol. The molecule has 3 heteroatoms. The summed E-state index contributed by atoms with van der Waals surface area (Å²) >= 11 is 0. The Balaban J connectivity index is 4.03. The molecule has 1 radical (unpaired) electrons. The van der Waals surface area contributed by atoms with Crippen molar-refractivity contribution in [3.05, 3.63) is 31.1 Å². The van der Waals surface area contributed by atoms with Crippen LogP contribution in [0.1, 0.15) is 0 Å². The van der Waals surface area contributed by atoms with Gasteiger partial charge in [0.15, 0.2) is 9.84 Å². The Morgan fingerprint density at radius 3 is 2.22 bits per heavy atom. The highest BCUT2D eigenvalue weighted by Gasteiger charge is 2.03. The van der Waals surface area contributed by atoms with E-state index in [2.05, 4.69) is 13.2 Å². The fraction of sp³-hybridized carbons (Fsp3) is 0.167. The molecule has 0 saturated heterocycles.